The second-order valence-corrected chi connectivity index (χ2v) is 6.04. The summed E-state index contributed by atoms with van der Waals surface area (Å²) in [6, 6.07) is 8.31. The molecule has 0 aliphatic heterocycles. The smallest absolute Gasteiger partial charge is 0.243 e. The number of rotatable bonds is 8. The number of imidazole rings is 1. The number of nitrogens with one attached hydrogen (secondary N) is 1. The van der Waals surface area contributed by atoms with Crippen molar-refractivity contribution in [2.75, 3.05) is 6.54 Å². The fraction of sp³-hybridized carbons (Fsp3) is 0.474. The molecule has 0 bridgehead atoms. The first-order chi connectivity index (χ1) is 11.2. The Labute approximate surface area is 138 Å². The monoisotopic (exact) mass is 313 g/mol. The Morgan fingerprint density at radius 3 is 2.91 bits per heavy atom. The average molecular weight is 313 g/mol. The van der Waals surface area contributed by atoms with E-state index in [0.717, 1.165) is 37.1 Å². The molecule has 0 spiro atoms. The lowest BCUT2D eigenvalue weighted by Gasteiger charge is -2.14. The van der Waals surface area contributed by atoms with Crippen molar-refractivity contribution in [3.63, 3.8) is 0 Å². The lowest BCUT2D eigenvalue weighted by molar-refractivity contribution is -0.116. The van der Waals surface area contributed by atoms with Crippen molar-refractivity contribution in [3.8, 4) is 0 Å². The second-order valence-electron chi connectivity index (χ2n) is 6.04. The standard InChI is InChI=1S/C19H27N3O/c1-4-9-19(23)20-13-8-12-18-21-16-10-6-7-11-17(16)22(18)14-15(3)5-2/h4,6-7,9-11,15H,5,8,12-14H2,1-3H3,(H,20,23)/b9-4-. The van der Waals surface area contributed by atoms with E-state index in [1.165, 1.54) is 5.52 Å². The lowest BCUT2D eigenvalue weighted by Crippen LogP contribution is -2.22. The molecule has 4 heteroatoms. The summed E-state index contributed by atoms with van der Waals surface area (Å²) < 4.78 is 2.34. The number of nitrogens with zero attached hydrogens (tertiary/aromatic N) is 2. The van der Waals surface area contributed by atoms with E-state index in [2.05, 4.69) is 41.9 Å². The zero-order valence-corrected chi connectivity index (χ0v) is 14.4. The maximum atomic E-state index is 11.4. The van der Waals surface area contributed by atoms with Gasteiger partial charge in [-0.3, -0.25) is 4.79 Å². The van der Waals surface area contributed by atoms with Gasteiger partial charge in [-0.1, -0.05) is 38.5 Å². The highest BCUT2D eigenvalue weighted by atomic mass is 16.1. The summed E-state index contributed by atoms with van der Waals surface area (Å²) in [7, 11) is 0. The third kappa shape index (κ3) is 4.68. The molecular formula is C19H27N3O. The van der Waals surface area contributed by atoms with Crippen LogP contribution in [0.2, 0.25) is 0 Å². The van der Waals surface area contributed by atoms with Crippen LogP contribution in [0.25, 0.3) is 11.0 Å². The van der Waals surface area contributed by atoms with Crippen LogP contribution in [0.1, 0.15) is 39.4 Å². The van der Waals surface area contributed by atoms with Gasteiger partial charge in [-0.15, -0.1) is 0 Å². The van der Waals surface area contributed by atoms with E-state index in [1.54, 1.807) is 12.2 Å². The Hall–Kier alpha value is -2.10. The van der Waals surface area contributed by atoms with Crippen molar-refractivity contribution in [2.45, 2.75) is 46.6 Å². The van der Waals surface area contributed by atoms with E-state index in [-0.39, 0.29) is 5.91 Å². The van der Waals surface area contributed by atoms with Crippen molar-refractivity contribution in [2.24, 2.45) is 5.92 Å². The number of fused-ring (bicyclic) bond motifs is 1. The Kier molecular flexibility index (Phi) is 6.39. The molecule has 1 amide bonds. The van der Waals surface area contributed by atoms with Crippen LogP contribution in [0, 0.1) is 5.92 Å². The molecule has 1 unspecified atom stereocenters. The van der Waals surface area contributed by atoms with Gasteiger partial charge in [-0.2, -0.15) is 0 Å². The molecule has 0 radical (unpaired) electrons. The summed E-state index contributed by atoms with van der Waals surface area (Å²) in [5.74, 6) is 1.72. The molecule has 0 fully saturated rings. The molecule has 1 heterocycles. The number of carbonyl (C=O) groups excluding carboxylic acids is 1. The summed E-state index contributed by atoms with van der Waals surface area (Å²) in [6.07, 6.45) is 6.23. The quantitative estimate of drug-likeness (QED) is 0.596. The molecule has 0 aliphatic carbocycles. The second kappa shape index (κ2) is 8.51. The summed E-state index contributed by atoms with van der Waals surface area (Å²) >= 11 is 0. The number of para-hydroxylation sites is 2. The van der Waals surface area contributed by atoms with Gasteiger partial charge >= 0.3 is 0 Å². The Morgan fingerprint density at radius 2 is 2.17 bits per heavy atom. The first-order valence-electron chi connectivity index (χ1n) is 8.50. The molecule has 1 N–H and O–H groups in total. The number of allylic oxidation sites excluding steroid dienone is 1. The highest BCUT2D eigenvalue weighted by Crippen LogP contribution is 2.19. The van der Waals surface area contributed by atoms with Crippen molar-refractivity contribution in [3.05, 3.63) is 42.2 Å². The predicted molar refractivity (Wildman–Crippen MR) is 95.3 cm³/mol. The zero-order chi connectivity index (χ0) is 16.7. The topological polar surface area (TPSA) is 46.9 Å². The molecule has 1 aromatic carbocycles. The predicted octanol–water partition coefficient (Wildman–Crippen LogP) is 3.71. The van der Waals surface area contributed by atoms with Crippen molar-refractivity contribution >= 4 is 16.9 Å². The van der Waals surface area contributed by atoms with E-state index >= 15 is 0 Å². The number of aryl methyl sites for hydroxylation is 1. The van der Waals surface area contributed by atoms with Crippen molar-refractivity contribution in [1.29, 1.82) is 0 Å². The first kappa shape index (κ1) is 17.3. The van der Waals surface area contributed by atoms with Crippen LogP contribution in [0.5, 0.6) is 0 Å². The number of carbonyl (C=O) groups is 1. The average Bonchev–Trinajstić information content (AvgIpc) is 2.89. The summed E-state index contributed by atoms with van der Waals surface area (Å²) in [4.78, 5) is 16.2. The molecule has 2 rings (SSSR count). The summed E-state index contributed by atoms with van der Waals surface area (Å²) in [6.45, 7) is 8.01. The van der Waals surface area contributed by atoms with Gasteiger partial charge in [0, 0.05) is 19.5 Å². The van der Waals surface area contributed by atoms with E-state index in [9.17, 15) is 4.79 Å². The molecule has 4 nitrogen and oxygen atoms in total. The molecule has 23 heavy (non-hydrogen) atoms. The highest BCUT2D eigenvalue weighted by Gasteiger charge is 2.12. The third-order valence-electron chi connectivity index (χ3n) is 4.12. The fourth-order valence-electron chi connectivity index (χ4n) is 2.63. The SMILES string of the molecule is C/C=C\C(=O)NCCCc1nc2ccccc2n1CC(C)CC. The minimum atomic E-state index is -0.0272. The van der Waals surface area contributed by atoms with Crippen LogP contribution in [0.4, 0.5) is 0 Å². The molecule has 0 aliphatic rings. The van der Waals surface area contributed by atoms with Gasteiger partial charge in [-0.25, -0.2) is 4.98 Å². The van der Waals surface area contributed by atoms with E-state index in [4.69, 9.17) is 4.98 Å². The number of benzene rings is 1. The van der Waals surface area contributed by atoms with Gasteiger partial charge < -0.3 is 9.88 Å². The highest BCUT2D eigenvalue weighted by molar-refractivity contribution is 5.87. The number of hydrogen-bond donors (Lipinski definition) is 1. The van der Waals surface area contributed by atoms with Gasteiger partial charge in [0.25, 0.3) is 0 Å². The van der Waals surface area contributed by atoms with Crippen LogP contribution in [0.15, 0.2) is 36.4 Å². The molecule has 1 aromatic heterocycles. The Balaban J connectivity index is 2.06. The van der Waals surface area contributed by atoms with Crippen LogP contribution in [-0.4, -0.2) is 22.0 Å². The van der Waals surface area contributed by atoms with Crippen molar-refractivity contribution < 1.29 is 4.79 Å². The molecule has 1 atom stereocenters. The van der Waals surface area contributed by atoms with Gasteiger partial charge in [0.1, 0.15) is 5.82 Å². The normalized spacial score (nSPS) is 12.8. The Morgan fingerprint density at radius 1 is 1.39 bits per heavy atom. The third-order valence-corrected chi connectivity index (χ3v) is 4.12. The summed E-state index contributed by atoms with van der Waals surface area (Å²) in [5, 5.41) is 2.90. The van der Waals surface area contributed by atoms with E-state index < -0.39 is 0 Å². The number of aromatic nitrogens is 2. The molecular weight excluding hydrogens is 286 g/mol. The molecule has 124 valence electrons. The minimum Gasteiger partial charge on any atom is -0.353 e. The van der Waals surface area contributed by atoms with Crippen molar-refractivity contribution in [1.82, 2.24) is 14.9 Å². The van der Waals surface area contributed by atoms with Crippen LogP contribution in [0.3, 0.4) is 0 Å². The molecule has 0 saturated carbocycles. The Bertz CT molecular complexity index is 672. The van der Waals surface area contributed by atoms with Gasteiger partial charge in [0.2, 0.25) is 5.91 Å². The molecule has 0 saturated heterocycles. The largest absolute Gasteiger partial charge is 0.353 e. The van der Waals surface area contributed by atoms with Crippen LogP contribution < -0.4 is 5.32 Å². The minimum absolute atomic E-state index is 0.0272. The van der Waals surface area contributed by atoms with Gasteiger partial charge in [0.15, 0.2) is 0 Å². The number of amides is 1. The maximum absolute atomic E-state index is 11.4. The number of hydrogen-bond acceptors (Lipinski definition) is 2. The van der Waals surface area contributed by atoms with Gasteiger partial charge in [-0.05, 0) is 37.5 Å². The lowest BCUT2D eigenvalue weighted by atomic mass is 10.1. The van der Waals surface area contributed by atoms with Crippen LogP contribution in [-0.2, 0) is 17.8 Å². The summed E-state index contributed by atoms with van der Waals surface area (Å²) in [5.41, 5.74) is 2.27. The van der Waals surface area contributed by atoms with Gasteiger partial charge in [0.05, 0.1) is 11.0 Å². The van der Waals surface area contributed by atoms with E-state index in [0.29, 0.717) is 12.5 Å². The zero-order valence-electron chi connectivity index (χ0n) is 14.4. The fourth-order valence-corrected chi connectivity index (χ4v) is 2.63. The first-order valence-corrected chi connectivity index (χ1v) is 8.50. The maximum Gasteiger partial charge on any atom is 0.243 e. The molecule has 2 aromatic rings. The van der Waals surface area contributed by atoms with Crippen LogP contribution >= 0.6 is 0 Å². The van der Waals surface area contributed by atoms with E-state index in [1.807, 2.05) is 13.0 Å².